The number of ether oxygens (including phenoxy) is 1. The highest BCUT2D eigenvalue weighted by Crippen LogP contribution is 2.37. The van der Waals surface area contributed by atoms with E-state index < -0.39 is 17.7 Å². The number of benzene rings is 2. The van der Waals surface area contributed by atoms with Crippen LogP contribution in [-0.2, 0) is 6.42 Å². The first-order valence-corrected chi connectivity index (χ1v) is 11.8. The van der Waals surface area contributed by atoms with Crippen molar-refractivity contribution in [1.82, 2.24) is 14.3 Å². The standard InChI is InChI=1S/C24H23F2N3O2S/c1-3-14-10-19(4-6-22(14)32-2)31-20-12-18(13-20)29-24(30)28-21(5-7-23(28)27-29)15-8-16(25)11-17(26)9-15/h3-4,6,8-11,18,20-21H,1,5,7,12-13H2,2H3/t18?,20?,21-/m0/s1. The maximum atomic E-state index is 13.7. The first-order valence-electron chi connectivity index (χ1n) is 10.6. The summed E-state index contributed by atoms with van der Waals surface area (Å²) in [7, 11) is 0. The fourth-order valence-corrected chi connectivity index (χ4v) is 5.19. The van der Waals surface area contributed by atoms with Gasteiger partial charge in [0.15, 0.2) is 0 Å². The molecule has 3 aromatic rings. The van der Waals surface area contributed by atoms with Crippen molar-refractivity contribution in [3.63, 3.8) is 0 Å². The number of aryl methyl sites for hydroxylation is 1. The van der Waals surface area contributed by atoms with Gasteiger partial charge in [-0.15, -0.1) is 11.8 Å². The van der Waals surface area contributed by atoms with Crippen LogP contribution in [0.3, 0.4) is 0 Å². The molecule has 0 radical (unpaired) electrons. The number of thioether (sulfide) groups is 1. The number of nitrogens with zero attached hydrogens (tertiary/aromatic N) is 3. The average Bonchev–Trinajstić information content (AvgIpc) is 3.30. The molecule has 1 aliphatic carbocycles. The molecule has 0 amide bonds. The molecule has 2 heterocycles. The molecule has 5 rings (SSSR count). The van der Waals surface area contributed by atoms with Crippen molar-refractivity contribution in [1.29, 1.82) is 0 Å². The van der Waals surface area contributed by atoms with Gasteiger partial charge in [0.25, 0.3) is 0 Å². The number of fused-ring (bicyclic) bond motifs is 1. The maximum Gasteiger partial charge on any atom is 0.346 e. The first-order chi connectivity index (χ1) is 15.5. The summed E-state index contributed by atoms with van der Waals surface area (Å²) in [4.78, 5) is 14.2. The molecule has 2 aliphatic rings. The Bertz CT molecular complexity index is 1230. The van der Waals surface area contributed by atoms with Crippen molar-refractivity contribution in [2.45, 2.75) is 48.8 Å². The van der Waals surface area contributed by atoms with Gasteiger partial charge in [0.1, 0.15) is 29.3 Å². The molecule has 32 heavy (non-hydrogen) atoms. The zero-order valence-electron chi connectivity index (χ0n) is 17.6. The van der Waals surface area contributed by atoms with E-state index in [4.69, 9.17) is 4.74 Å². The molecular weight excluding hydrogens is 432 g/mol. The number of hydrogen-bond acceptors (Lipinski definition) is 4. The lowest BCUT2D eigenvalue weighted by atomic mass is 9.89. The van der Waals surface area contributed by atoms with Gasteiger partial charge in [0.05, 0.1) is 12.1 Å². The Labute approximate surface area is 188 Å². The Morgan fingerprint density at radius 1 is 1.19 bits per heavy atom. The van der Waals surface area contributed by atoms with Crippen LogP contribution in [0.5, 0.6) is 5.75 Å². The van der Waals surface area contributed by atoms with Crippen LogP contribution in [0.2, 0.25) is 0 Å². The molecular formula is C24H23F2N3O2S. The molecule has 166 valence electrons. The van der Waals surface area contributed by atoms with Crippen LogP contribution in [0, 0.1) is 11.6 Å². The summed E-state index contributed by atoms with van der Waals surface area (Å²) < 4.78 is 36.6. The lowest BCUT2D eigenvalue weighted by Gasteiger charge is -2.35. The van der Waals surface area contributed by atoms with Gasteiger partial charge in [-0.1, -0.05) is 12.7 Å². The minimum absolute atomic E-state index is 0.00866. The van der Waals surface area contributed by atoms with Gasteiger partial charge in [0, 0.05) is 30.2 Å². The summed E-state index contributed by atoms with van der Waals surface area (Å²) in [5, 5.41) is 4.53. The molecule has 1 aliphatic heterocycles. The zero-order valence-corrected chi connectivity index (χ0v) is 18.4. The second kappa shape index (κ2) is 8.24. The minimum Gasteiger partial charge on any atom is -0.490 e. The Kier molecular flexibility index (Phi) is 5.41. The van der Waals surface area contributed by atoms with Gasteiger partial charge in [-0.3, -0.25) is 4.57 Å². The largest absolute Gasteiger partial charge is 0.490 e. The van der Waals surface area contributed by atoms with Crippen molar-refractivity contribution in [2.75, 3.05) is 6.26 Å². The Balaban J connectivity index is 1.30. The van der Waals surface area contributed by atoms with Crippen LogP contribution in [0.25, 0.3) is 6.08 Å². The van der Waals surface area contributed by atoms with Crippen LogP contribution in [0.1, 0.15) is 48.3 Å². The molecule has 1 saturated carbocycles. The predicted molar refractivity (Wildman–Crippen MR) is 120 cm³/mol. The van der Waals surface area contributed by atoms with Crippen LogP contribution < -0.4 is 10.4 Å². The van der Waals surface area contributed by atoms with Crippen molar-refractivity contribution < 1.29 is 13.5 Å². The smallest absolute Gasteiger partial charge is 0.346 e. The molecule has 0 N–H and O–H groups in total. The molecule has 8 heteroatoms. The summed E-state index contributed by atoms with van der Waals surface area (Å²) in [5.41, 5.74) is 1.27. The van der Waals surface area contributed by atoms with Crippen LogP contribution >= 0.6 is 11.8 Å². The fourth-order valence-electron chi connectivity index (χ4n) is 4.61. The molecule has 0 bridgehead atoms. The van der Waals surface area contributed by atoms with E-state index in [1.165, 1.54) is 16.8 Å². The summed E-state index contributed by atoms with van der Waals surface area (Å²) in [5.74, 6) is 0.169. The van der Waals surface area contributed by atoms with Crippen molar-refractivity contribution in [3.8, 4) is 5.75 Å². The highest BCUT2D eigenvalue weighted by molar-refractivity contribution is 7.98. The molecule has 5 nitrogen and oxygen atoms in total. The van der Waals surface area contributed by atoms with Gasteiger partial charge in [-0.05, 0) is 54.1 Å². The highest BCUT2D eigenvalue weighted by Gasteiger charge is 2.37. The van der Waals surface area contributed by atoms with Gasteiger partial charge >= 0.3 is 5.69 Å². The molecule has 1 aromatic heterocycles. The van der Waals surface area contributed by atoms with Crippen molar-refractivity contribution in [3.05, 3.63) is 82.0 Å². The molecule has 0 saturated heterocycles. The summed E-state index contributed by atoms with van der Waals surface area (Å²) in [6.45, 7) is 3.86. The SMILES string of the molecule is C=Cc1cc(OC2CC(n3nc4n(c3=O)[C@H](c3cc(F)cc(F)c3)CC4)C2)ccc1SC. The monoisotopic (exact) mass is 455 g/mol. The third-order valence-corrected chi connectivity index (χ3v) is 7.08. The number of halogens is 2. The minimum atomic E-state index is -0.641. The van der Waals surface area contributed by atoms with Crippen LogP contribution in [0.15, 0.2) is 52.7 Å². The van der Waals surface area contributed by atoms with E-state index in [2.05, 4.69) is 11.7 Å². The molecule has 0 spiro atoms. The van der Waals surface area contributed by atoms with E-state index in [0.717, 1.165) is 22.3 Å². The van der Waals surface area contributed by atoms with Crippen LogP contribution in [-0.4, -0.2) is 26.7 Å². The van der Waals surface area contributed by atoms with E-state index in [0.29, 0.717) is 37.1 Å². The second-order valence-electron chi connectivity index (χ2n) is 8.24. The number of hydrogen-bond donors (Lipinski definition) is 0. The third-order valence-electron chi connectivity index (χ3n) is 6.27. The average molecular weight is 456 g/mol. The lowest BCUT2D eigenvalue weighted by molar-refractivity contribution is 0.0622. The molecule has 2 aromatic carbocycles. The zero-order chi connectivity index (χ0) is 22.4. The van der Waals surface area contributed by atoms with Gasteiger partial charge in [0.2, 0.25) is 0 Å². The maximum absolute atomic E-state index is 13.7. The van der Waals surface area contributed by atoms with Gasteiger partial charge in [-0.25, -0.2) is 18.3 Å². The third kappa shape index (κ3) is 3.66. The van der Waals surface area contributed by atoms with E-state index in [1.807, 2.05) is 30.5 Å². The first kappa shape index (κ1) is 21.0. The molecule has 1 fully saturated rings. The van der Waals surface area contributed by atoms with Crippen molar-refractivity contribution in [2.24, 2.45) is 0 Å². The van der Waals surface area contributed by atoms with E-state index >= 15 is 0 Å². The normalized spacial score (nSPS) is 21.8. The highest BCUT2D eigenvalue weighted by atomic mass is 32.2. The number of rotatable bonds is 6. The summed E-state index contributed by atoms with van der Waals surface area (Å²) >= 11 is 1.66. The van der Waals surface area contributed by atoms with Gasteiger partial charge in [-0.2, -0.15) is 5.10 Å². The van der Waals surface area contributed by atoms with E-state index in [1.54, 1.807) is 16.3 Å². The second-order valence-corrected chi connectivity index (χ2v) is 9.09. The van der Waals surface area contributed by atoms with Gasteiger partial charge < -0.3 is 4.74 Å². The predicted octanol–water partition coefficient (Wildman–Crippen LogP) is 5.01. The topological polar surface area (TPSA) is 49.0 Å². The lowest BCUT2D eigenvalue weighted by Crippen LogP contribution is -2.41. The Morgan fingerprint density at radius 2 is 1.94 bits per heavy atom. The van der Waals surface area contributed by atoms with E-state index in [-0.39, 0.29) is 17.8 Å². The molecule has 0 unspecified atom stereocenters. The Morgan fingerprint density at radius 3 is 2.62 bits per heavy atom. The fraction of sp³-hybridized carbons (Fsp3) is 0.333. The van der Waals surface area contributed by atoms with Crippen LogP contribution in [0.4, 0.5) is 8.78 Å². The van der Waals surface area contributed by atoms with E-state index in [9.17, 15) is 13.6 Å². The Hall–Kier alpha value is -2.87. The van der Waals surface area contributed by atoms with Crippen molar-refractivity contribution >= 4 is 17.8 Å². The number of aromatic nitrogens is 3. The molecule has 1 atom stereocenters. The summed E-state index contributed by atoms with van der Waals surface area (Å²) in [6.07, 6.45) is 6.42. The quantitative estimate of drug-likeness (QED) is 0.491. The summed E-state index contributed by atoms with van der Waals surface area (Å²) in [6, 6.07) is 8.94.